The fraction of sp³-hybridized carbons (Fsp3) is 0.636. The molecule has 1 heterocycles. The molecule has 5 unspecified atom stereocenters. The van der Waals surface area contributed by atoms with Gasteiger partial charge in [-0.25, -0.2) is 0 Å². The number of carbonyl (C=O) groups excluding carboxylic acids is 3. The van der Waals surface area contributed by atoms with Crippen molar-refractivity contribution in [1.29, 1.82) is 1.28 Å². The molecule has 0 spiro atoms. The van der Waals surface area contributed by atoms with E-state index in [0.717, 1.165) is 0 Å². The number of carbonyl (C=O) groups is 4. The Morgan fingerprint density at radius 3 is 2.67 bits per heavy atom. The molecule has 5 atom stereocenters. The predicted molar refractivity (Wildman–Crippen MR) is 81.3 cm³/mol. The van der Waals surface area contributed by atoms with E-state index in [4.69, 9.17) is 8.84 Å². The molecular formula is C11H13BO6P2S. The predicted octanol–water partition coefficient (Wildman–Crippen LogP) is 0.868. The maximum atomic E-state index is 11.7. The number of esters is 2. The Bertz CT molecular complexity index is 517. The molecule has 6 nitrogen and oxygen atoms in total. The molecule has 0 bridgehead atoms. The van der Waals surface area contributed by atoms with Gasteiger partial charge in [-0.15, -0.1) is 0 Å². The SMILES string of the molecule is [2H]P([B])C(C(CC(=O)P=S)C(=O)O)C(C)C1CC(=O)OC1=O. The number of rotatable bonds is 8. The molecule has 10 heteroatoms. The van der Waals surface area contributed by atoms with Gasteiger partial charge in [0.2, 0.25) is 0 Å². The number of carboxylic acids is 1. The minimum Gasteiger partial charge on any atom is -0.481 e. The topological polar surface area (TPSA) is 97.7 Å². The number of cyclic esters (lactones) is 2. The summed E-state index contributed by atoms with van der Waals surface area (Å²) in [4.78, 5) is 45.8. The highest BCUT2D eigenvalue weighted by Crippen LogP contribution is 2.39. The molecular weight excluding hydrogens is 333 g/mol. The molecule has 0 aromatic rings. The highest BCUT2D eigenvalue weighted by Gasteiger charge is 2.43. The minimum atomic E-state index is -2.00. The second kappa shape index (κ2) is 8.07. The van der Waals surface area contributed by atoms with E-state index in [0.29, 0.717) is 0 Å². The van der Waals surface area contributed by atoms with Gasteiger partial charge in [0.05, 0.1) is 18.3 Å². The number of hydrogen-bond acceptors (Lipinski definition) is 6. The summed E-state index contributed by atoms with van der Waals surface area (Å²) in [5.74, 6) is -5.41. The van der Waals surface area contributed by atoms with E-state index in [-0.39, 0.29) is 20.2 Å². The Labute approximate surface area is 132 Å². The normalized spacial score (nSPS) is 24.8. The summed E-state index contributed by atoms with van der Waals surface area (Å²) >= 11 is 4.58. The van der Waals surface area contributed by atoms with Crippen LogP contribution < -0.4 is 0 Å². The Morgan fingerprint density at radius 1 is 1.67 bits per heavy atom. The van der Waals surface area contributed by atoms with E-state index in [1.165, 1.54) is 0 Å². The lowest BCUT2D eigenvalue weighted by atomic mass is 9.83. The zero-order valence-corrected chi connectivity index (χ0v) is 13.7. The summed E-state index contributed by atoms with van der Waals surface area (Å²) in [6.45, 7) is 1.55. The maximum absolute atomic E-state index is 11.7. The third-order valence-electron chi connectivity index (χ3n) is 3.48. The molecule has 1 rings (SSSR count). The second-order valence-corrected chi connectivity index (χ2v) is 6.86. The van der Waals surface area contributed by atoms with Gasteiger partial charge >= 0.3 is 17.9 Å². The van der Waals surface area contributed by atoms with Gasteiger partial charge in [0.25, 0.3) is 0 Å². The monoisotopic (exact) mass is 347 g/mol. The highest BCUT2D eigenvalue weighted by atomic mass is 32.4. The first-order valence-electron chi connectivity index (χ1n) is 6.50. The van der Waals surface area contributed by atoms with Crippen LogP contribution in [0, 0.1) is 17.8 Å². The van der Waals surface area contributed by atoms with Crippen LogP contribution in [0.5, 0.6) is 0 Å². The standard InChI is InChI=1S/C11H13BO6P2S/c1-4(5-2-7(13)18-11(5)17)9(19-12)6(10(15)16)3-8(14)20-21/h4-6,9,19H,2-3H2,1H3,(H,15,16)/i19D. The van der Waals surface area contributed by atoms with Crippen LogP contribution in [0.15, 0.2) is 0 Å². The van der Waals surface area contributed by atoms with Gasteiger partial charge in [-0.3, -0.25) is 19.2 Å². The van der Waals surface area contributed by atoms with Gasteiger partial charge in [-0.05, 0) is 23.4 Å². The van der Waals surface area contributed by atoms with Crippen LogP contribution in [0.1, 0.15) is 19.8 Å². The third-order valence-corrected chi connectivity index (χ3v) is 5.65. The maximum Gasteiger partial charge on any atom is 0.317 e. The van der Waals surface area contributed by atoms with Gasteiger partial charge in [0.15, 0.2) is 5.52 Å². The molecule has 1 aliphatic heterocycles. The van der Waals surface area contributed by atoms with Crippen molar-refractivity contribution in [2.24, 2.45) is 17.8 Å². The summed E-state index contributed by atoms with van der Waals surface area (Å²) in [5.41, 5.74) is -1.38. The summed E-state index contributed by atoms with van der Waals surface area (Å²) < 4.78 is 12.2. The molecule has 2 radical (unpaired) electrons. The molecule has 1 fully saturated rings. The number of aliphatic carboxylic acids is 1. The van der Waals surface area contributed by atoms with Crippen LogP contribution in [0.3, 0.4) is 0 Å². The van der Waals surface area contributed by atoms with Gasteiger partial charge in [-0.2, -0.15) is 8.40 Å². The largest absolute Gasteiger partial charge is 0.481 e. The van der Waals surface area contributed by atoms with Crippen LogP contribution >= 0.6 is 15.8 Å². The zero-order chi connectivity index (χ0) is 17.0. The lowest BCUT2D eigenvalue weighted by Crippen LogP contribution is -2.36. The Balaban J connectivity index is 3.05. The Kier molecular flexibility index (Phi) is 6.40. The lowest BCUT2D eigenvalue weighted by molar-refractivity contribution is -0.154. The van der Waals surface area contributed by atoms with Crippen molar-refractivity contribution in [3.05, 3.63) is 0 Å². The first-order chi connectivity index (χ1) is 10.2. The third kappa shape index (κ3) is 4.63. The van der Waals surface area contributed by atoms with E-state index in [1.54, 1.807) is 6.92 Å². The average molecular weight is 347 g/mol. The van der Waals surface area contributed by atoms with E-state index in [1.807, 2.05) is 0 Å². The van der Waals surface area contributed by atoms with Crippen molar-refractivity contribution in [1.82, 2.24) is 0 Å². The fourth-order valence-electron chi connectivity index (χ4n) is 2.32. The van der Waals surface area contributed by atoms with Crippen LogP contribution in [0.4, 0.5) is 0 Å². The number of carboxylic acid groups (broad SMARTS) is 1. The van der Waals surface area contributed by atoms with Crippen LogP contribution in [0.25, 0.3) is 0 Å². The quantitative estimate of drug-likeness (QED) is 0.301. The summed E-state index contributed by atoms with van der Waals surface area (Å²) in [6, 6.07) is 0. The average Bonchev–Trinajstić information content (AvgIpc) is 2.75. The second-order valence-electron chi connectivity index (χ2n) is 4.74. The first kappa shape index (κ1) is 16.7. The summed E-state index contributed by atoms with van der Waals surface area (Å²) in [6.07, 6.45) is -0.515. The minimum absolute atomic E-state index is 0.0105. The van der Waals surface area contributed by atoms with Crippen molar-refractivity contribution >= 4 is 58.6 Å². The number of ether oxygens (including phenoxy) is 1. The fourth-order valence-corrected chi connectivity index (χ4v) is 3.73. The van der Waals surface area contributed by atoms with Crippen LogP contribution in [0.2, 0.25) is 0 Å². The number of hydrogen-bond donors (Lipinski definition) is 1. The van der Waals surface area contributed by atoms with E-state index in [9.17, 15) is 24.3 Å². The van der Waals surface area contributed by atoms with Crippen molar-refractivity contribution in [3.63, 3.8) is 0 Å². The molecule has 1 N–H and O–H groups in total. The highest BCUT2D eigenvalue weighted by molar-refractivity contribution is 8.03. The van der Waals surface area contributed by atoms with Gasteiger partial charge < -0.3 is 9.84 Å². The smallest absolute Gasteiger partial charge is 0.317 e. The molecule has 0 amide bonds. The molecule has 0 aromatic heterocycles. The van der Waals surface area contributed by atoms with E-state index < -0.39 is 55.2 Å². The Morgan fingerprint density at radius 2 is 2.29 bits per heavy atom. The molecule has 1 aliphatic rings. The zero-order valence-electron chi connectivity index (χ0n) is 12.1. The van der Waals surface area contributed by atoms with Gasteiger partial charge in [0.1, 0.15) is 7.57 Å². The molecule has 21 heavy (non-hydrogen) atoms. The molecule has 0 aliphatic carbocycles. The van der Waals surface area contributed by atoms with Crippen molar-refractivity contribution < 1.29 is 29.0 Å². The van der Waals surface area contributed by atoms with Crippen molar-refractivity contribution in [2.45, 2.75) is 25.4 Å². The van der Waals surface area contributed by atoms with Crippen LogP contribution in [-0.2, 0) is 35.7 Å². The van der Waals surface area contributed by atoms with Crippen molar-refractivity contribution in [2.75, 3.05) is 0 Å². The van der Waals surface area contributed by atoms with Crippen molar-refractivity contribution in [3.8, 4) is 0 Å². The summed E-state index contributed by atoms with van der Waals surface area (Å²) in [5, 5.41) is 9.35. The molecule has 1 saturated heterocycles. The van der Waals surface area contributed by atoms with E-state index >= 15 is 0 Å². The molecule has 112 valence electrons. The lowest BCUT2D eigenvalue weighted by Gasteiger charge is -2.30. The van der Waals surface area contributed by atoms with Crippen LogP contribution in [-0.4, -0.2) is 43.0 Å². The summed E-state index contributed by atoms with van der Waals surface area (Å²) in [7, 11) is 3.64. The molecule has 0 aromatic carbocycles. The van der Waals surface area contributed by atoms with Gasteiger partial charge in [-0.1, -0.05) is 6.92 Å². The van der Waals surface area contributed by atoms with E-state index in [2.05, 4.69) is 16.5 Å². The molecule has 0 saturated carbocycles. The van der Waals surface area contributed by atoms with Gasteiger partial charge in [0, 0.05) is 15.1 Å². The first-order valence-corrected chi connectivity index (χ1v) is 8.99. The Hall–Kier alpha value is -0.705.